The number of hydrogen-bond donors (Lipinski definition) is 1. The van der Waals surface area contributed by atoms with E-state index >= 15 is 0 Å². The first kappa shape index (κ1) is 11.4. The van der Waals surface area contributed by atoms with Crippen LogP contribution in [0.15, 0.2) is 24.3 Å². The van der Waals surface area contributed by atoms with E-state index in [1.807, 2.05) is 6.07 Å². The average Bonchev–Trinajstić information content (AvgIpc) is 3.03. The molecule has 19 heavy (non-hydrogen) atoms. The summed E-state index contributed by atoms with van der Waals surface area (Å²) in [5, 5.41) is 0. The molecule has 2 aromatic rings. The van der Waals surface area contributed by atoms with Crippen molar-refractivity contribution in [3.05, 3.63) is 30.1 Å². The molecule has 4 rings (SSSR count). The Kier molecular flexibility index (Phi) is 2.78. The maximum atomic E-state index is 4.68. The van der Waals surface area contributed by atoms with Crippen LogP contribution in [0.1, 0.15) is 18.7 Å². The van der Waals surface area contributed by atoms with Crippen molar-refractivity contribution in [3.8, 4) is 0 Å². The number of H-pyrrole nitrogens is 1. The van der Waals surface area contributed by atoms with E-state index in [4.69, 9.17) is 0 Å². The van der Waals surface area contributed by atoms with Crippen molar-refractivity contribution in [1.82, 2.24) is 19.8 Å². The van der Waals surface area contributed by atoms with Gasteiger partial charge in [0.25, 0.3) is 0 Å². The van der Waals surface area contributed by atoms with Crippen LogP contribution >= 0.6 is 0 Å². The fraction of sp³-hybridized carbons (Fsp3) is 0.533. The molecule has 0 bridgehead atoms. The topological polar surface area (TPSA) is 35.2 Å². The lowest BCUT2D eigenvalue weighted by Gasteiger charge is -2.37. The number of aromatic amines is 1. The van der Waals surface area contributed by atoms with Gasteiger partial charge in [-0.1, -0.05) is 12.1 Å². The van der Waals surface area contributed by atoms with Crippen LogP contribution in [0.4, 0.5) is 0 Å². The molecule has 2 fully saturated rings. The SMILES string of the molecule is c1ccc2[nH]c(CN3CCN4CCC[C@@H]4C3)nc2c1. The third-order valence-corrected chi connectivity index (χ3v) is 4.48. The Balaban J connectivity index is 1.48. The van der Waals surface area contributed by atoms with Gasteiger partial charge in [-0.15, -0.1) is 0 Å². The second kappa shape index (κ2) is 4.62. The fourth-order valence-corrected chi connectivity index (χ4v) is 3.49. The number of nitrogens with one attached hydrogen (secondary N) is 1. The molecule has 3 heterocycles. The molecule has 0 spiro atoms. The van der Waals surface area contributed by atoms with Gasteiger partial charge in [0.1, 0.15) is 5.82 Å². The van der Waals surface area contributed by atoms with Crippen LogP contribution in [0, 0.1) is 0 Å². The summed E-state index contributed by atoms with van der Waals surface area (Å²) in [6.07, 6.45) is 2.75. The third-order valence-electron chi connectivity index (χ3n) is 4.48. The van der Waals surface area contributed by atoms with Gasteiger partial charge in [-0.05, 0) is 31.5 Å². The highest BCUT2D eigenvalue weighted by Crippen LogP contribution is 2.22. The Morgan fingerprint density at radius 1 is 1.21 bits per heavy atom. The van der Waals surface area contributed by atoms with Crippen molar-refractivity contribution in [2.24, 2.45) is 0 Å². The van der Waals surface area contributed by atoms with Gasteiger partial charge in [0.15, 0.2) is 0 Å². The van der Waals surface area contributed by atoms with Crippen molar-refractivity contribution >= 4 is 11.0 Å². The minimum absolute atomic E-state index is 0.790. The predicted molar refractivity (Wildman–Crippen MR) is 76.0 cm³/mol. The minimum atomic E-state index is 0.790. The van der Waals surface area contributed by atoms with Crippen LogP contribution < -0.4 is 0 Å². The van der Waals surface area contributed by atoms with Crippen molar-refractivity contribution in [1.29, 1.82) is 0 Å². The van der Waals surface area contributed by atoms with Gasteiger partial charge in [-0.3, -0.25) is 9.80 Å². The Bertz CT molecular complexity index is 543. The van der Waals surface area contributed by atoms with Gasteiger partial charge in [0, 0.05) is 25.7 Å². The van der Waals surface area contributed by atoms with Crippen LogP contribution in [-0.2, 0) is 6.54 Å². The van der Waals surface area contributed by atoms with E-state index in [1.165, 1.54) is 39.0 Å². The van der Waals surface area contributed by atoms with Crippen molar-refractivity contribution in [3.63, 3.8) is 0 Å². The van der Waals surface area contributed by atoms with Crippen LogP contribution in [-0.4, -0.2) is 52.0 Å². The number of hydrogen-bond acceptors (Lipinski definition) is 3. The van der Waals surface area contributed by atoms with Gasteiger partial charge in [0.05, 0.1) is 17.6 Å². The molecule has 1 N–H and O–H groups in total. The number of imidazole rings is 1. The summed E-state index contributed by atoms with van der Waals surface area (Å²) in [7, 11) is 0. The molecule has 0 radical (unpaired) electrons. The average molecular weight is 256 g/mol. The van der Waals surface area contributed by atoms with Crippen LogP contribution in [0.5, 0.6) is 0 Å². The summed E-state index contributed by atoms with van der Waals surface area (Å²) in [4.78, 5) is 13.3. The molecule has 2 aliphatic rings. The normalized spacial score (nSPS) is 24.9. The van der Waals surface area contributed by atoms with E-state index in [0.717, 1.165) is 29.4 Å². The van der Waals surface area contributed by atoms with E-state index in [1.54, 1.807) is 0 Å². The molecule has 4 nitrogen and oxygen atoms in total. The molecule has 0 saturated carbocycles. The largest absolute Gasteiger partial charge is 0.341 e. The number of aromatic nitrogens is 2. The fourth-order valence-electron chi connectivity index (χ4n) is 3.49. The number of fused-ring (bicyclic) bond motifs is 2. The molecule has 2 aliphatic heterocycles. The lowest BCUT2D eigenvalue weighted by atomic mass is 10.1. The monoisotopic (exact) mass is 256 g/mol. The van der Waals surface area contributed by atoms with E-state index in [9.17, 15) is 0 Å². The van der Waals surface area contributed by atoms with Gasteiger partial charge < -0.3 is 4.98 Å². The first-order valence-corrected chi connectivity index (χ1v) is 7.28. The zero-order valence-corrected chi connectivity index (χ0v) is 11.2. The summed E-state index contributed by atoms with van der Waals surface area (Å²) in [6, 6.07) is 9.06. The van der Waals surface area contributed by atoms with E-state index in [0.29, 0.717) is 0 Å². The Hall–Kier alpha value is -1.39. The number of piperazine rings is 1. The molecular weight excluding hydrogens is 236 g/mol. The molecule has 1 atom stereocenters. The maximum Gasteiger partial charge on any atom is 0.121 e. The van der Waals surface area contributed by atoms with Crippen molar-refractivity contribution < 1.29 is 0 Å². The number of benzene rings is 1. The zero-order chi connectivity index (χ0) is 12.7. The highest BCUT2D eigenvalue weighted by Gasteiger charge is 2.30. The standard InChI is InChI=1S/C15H20N4/c1-2-6-14-13(5-1)16-15(17-14)11-18-8-9-19-7-3-4-12(19)10-18/h1-2,5-6,12H,3-4,7-11H2,(H,16,17)/t12-/m1/s1. The van der Waals surface area contributed by atoms with Gasteiger partial charge in [-0.25, -0.2) is 4.98 Å². The first-order valence-electron chi connectivity index (χ1n) is 7.28. The van der Waals surface area contributed by atoms with Crippen LogP contribution in [0.3, 0.4) is 0 Å². The number of nitrogens with zero attached hydrogens (tertiary/aromatic N) is 3. The predicted octanol–water partition coefficient (Wildman–Crippen LogP) is 1.84. The van der Waals surface area contributed by atoms with Crippen LogP contribution in [0.2, 0.25) is 0 Å². The molecule has 0 amide bonds. The summed E-state index contributed by atoms with van der Waals surface area (Å²) in [5.74, 6) is 1.10. The highest BCUT2D eigenvalue weighted by molar-refractivity contribution is 5.74. The highest BCUT2D eigenvalue weighted by atomic mass is 15.3. The molecule has 2 saturated heterocycles. The zero-order valence-electron chi connectivity index (χ0n) is 11.2. The Morgan fingerprint density at radius 2 is 2.16 bits per heavy atom. The van der Waals surface area contributed by atoms with Crippen molar-refractivity contribution in [2.75, 3.05) is 26.2 Å². The second-order valence-corrected chi connectivity index (χ2v) is 5.77. The molecule has 0 unspecified atom stereocenters. The quantitative estimate of drug-likeness (QED) is 0.890. The van der Waals surface area contributed by atoms with Crippen LogP contribution in [0.25, 0.3) is 11.0 Å². The van der Waals surface area contributed by atoms with Gasteiger partial charge in [0.2, 0.25) is 0 Å². The Morgan fingerprint density at radius 3 is 3.11 bits per heavy atom. The summed E-state index contributed by atoms with van der Waals surface area (Å²) in [5.41, 5.74) is 2.23. The molecule has 0 aliphatic carbocycles. The first-order chi connectivity index (χ1) is 9.38. The molecule has 1 aromatic carbocycles. The number of rotatable bonds is 2. The lowest BCUT2D eigenvalue weighted by molar-refractivity contribution is 0.0977. The third kappa shape index (κ3) is 2.15. The molecule has 100 valence electrons. The number of para-hydroxylation sites is 2. The van der Waals surface area contributed by atoms with E-state index < -0.39 is 0 Å². The molecule has 1 aromatic heterocycles. The minimum Gasteiger partial charge on any atom is -0.341 e. The summed E-state index contributed by atoms with van der Waals surface area (Å²) >= 11 is 0. The summed E-state index contributed by atoms with van der Waals surface area (Å²) < 4.78 is 0. The maximum absolute atomic E-state index is 4.68. The second-order valence-electron chi connectivity index (χ2n) is 5.77. The lowest BCUT2D eigenvalue weighted by Crippen LogP contribution is -2.49. The van der Waals surface area contributed by atoms with E-state index in [2.05, 4.69) is 38.0 Å². The van der Waals surface area contributed by atoms with Crippen molar-refractivity contribution in [2.45, 2.75) is 25.4 Å². The van der Waals surface area contributed by atoms with Gasteiger partial charge >= 0.3 is 0 Å². The molecular formula is C15H20N4. The van der Waals surface area contributed by atoms with E-state index in [-0.39, 0.29) is 0 Å². The summed E-state index contributed by atoms with van der Waals surface area (Å²) in [6.45, 7) is 5.87. The smallest absolute Gasteiger partial charge is 0.121 e. The van der Waals surface area contributed by atoms with Gasteiger partial charge in [-0.2, -0.15) is 0 Å². The molecule has 4 heteroatoms. The Labute approximate surface area is 113 Å².